The zero-order chi connectivity index (χ0) is 17.1. The molecule has 0 aliphatic heterocycles. The van der Waals surface area contributed by atoms with Crippen molar-refractivity contribution in [2.45, 2.75) is 18.6 Å². The van der Waals surface area contributed by atoms with E-state index in [2.05, 4.69) is 10.3 Å². The van der Waals surface area contributed by atoms with Crippen LogP contribution in [0.2, 0.25) is 5.02 Å². The molecule has 0 aliphatic rings. The fourth-order valence-corrected chi connectivity index (χ4v) is 4.02. The van der Waals surface area contributed by atoms with Crippen molar-refractivity contribution in [2.24, 2.45) is 0 Å². The largest absolute Gasteiger partial charge is 0.324 e. The predicted molar refractivity (Wildman–Crippen MR) is 100 cm³/mol. The van der Waals surface area contributed by atoms with Crippen molar-refractivity contribution >= 4 is 56.5 Å². The van der Waals surface area contributed by atoms with Crippen molar-refractivity contribution in [3.63, 3.8) is 0 Å². The molecule has 0 unspecified atom stereocenters. The van der Waals surface area contributed by atoms with Gasteiger partial charge in [0.05, 0.1) is 22.0 Å². The lowest BCUT2D eigenvalue weighted by molar-refractivity contribution is -0.113. The van der Waals surface area contributed by atoms with E-state index in [1.807, 2.05) is 18.4 Å². The number of halogens is 1. The van der Waals surface area contributed by atoms with Crippen molar-refractivity contribution < 1.29 is 4.79 Å². The zero-order valence-corrected chi connectivity index (χ0v) is 15.2. The van der Waals surface area contributed by atoms with Crippen LogP contribution in [0.5, 0.6) is 0 Å². The highest BCUT2D eigenvalue weighted by molar-refractivity contribution is 7.99. The fraction of sp³-hybridized carbons (Fsp3) is 0.188. The van der Waals surface area contributed by atoms with Gasteiger partial charge in [-0.3, -0.25) is 14.2 Å². The van der Waals surface area contributed by atoms with Gasteiger partial charge in [0.25, 0.3) is 5.56 Å². The molecule has 0 spiro atoms. The minimum atomic E-state index is -0.199. The number of hydrogen-bond acceptors (Lipinski definition) is 5. The van der Waals surface area contributed by atoms with Gasteiger partial charge in [-0.1, -0.05) is 35.5 Å². The van der Waals surface area contributed by atoms with Gasteiger partial charge in [-0.15, -0.1) is 11.3 Å². The van der Waals surface area contributed by atoms with Gasteiger partial charge in [0, 0.05) is 6.54 Å². The molecule has 1 N–H and O–H groups in total. The van der Waals surface area contributed by atoms with Crippen molar-refractivity contribution in [3.05, 3.63) is 51.1 Å². The summed E-state index contributed by atoms with van der Waals surface area (Å²) in [5.41, 5.74) is 1.18. The molecule has 5 nitrogen and oxygen atoms in total. The van der Waals surface area contributed by atoms with Gasteiger partial charge in [-0.2, -0.15) is 0 Å². The molecule has 0 radical (unpaired) electrons. The summed E-state index contributed by atoms with van der Waals surface area (Å²) < 4.78 is 2.23. The summed E-state index contributed by atoms with van der Waals surface area (Å²) in [4.78, 5) is 29.0. The molecule has 0 saturated heterocycles. The SMILES string of the molecule is CCn1c(SCC(=O)Nc2ccccc2Cl)nc2ccsc2c1=O. The molecule has 1 aromatic carbocycles. The number of thioether (sulfide) groups is 1. The number of fused-ring (bicyclic) bond motifs is 1. The van der Waals surface area contributed by atoms with Crippen LogP contribution in [-0.2, 0) is 11.3 Å². The minimum absolute atomic E-state index is 0.0634. The maximum absolute atomic E-state index is 12.4. The van der Waals surface area contributed by atoms with Crippen LogP contribution in [0.25, 0.3) is 10.2 Å². The van der Waals surface area contributed by atoms with E-state index in [1.165, 1.54) is 23.1 Å². The maximum atomic E-state index is 12.4. The summed E-state index contributed by atoms with van der Waals surface area (Å²) in [6.45, 7) is 2.39. The van der Waals surface area contributed by atoms with E-state index in [0.29, 0.717) is 32.6 Å². The van der Waals surface area contributed by atoms with Gasteiger partial charge in [-0.05, 0) is 30.5 Å². The molecular weight excluding hydrogens is 366 g/mol. The Balaban J connectivity index is 1.77. The highest BCUT2D eigenvalue weighted by Gasteiger charge is 2.13. The molecule has 0 aliphatic carbocycles. The third kappa shape index (κ3) is 3.48. The molecule has 3 aromatic rings. The summed E-state index contributed by atoms with van der Waals surface area (Å²) >= 11 is 8.65. The first-order valence-corrected chi connectivity index (χ1v) is 9.49. The first-order valence-electron chi connectivity index (χ1n) is 7.25. The first-order chi connectivity index (χ1) is 11.6. The monoisotopic (exact) mass is 379 g/mol. The summed E-state index contributed by atoms with van der Waals surface area (Å²) in [6.07, 6.45) is 0. The number of para-hydroxylation sites is 1. The molecule has 8 heteroatoms. The Morgan fingerprint density at radius 2 is 2.17 bits per heavy atom. The number of hydrogen-bond donors (Lipinski definition) is 1. The molecule has 2 heterocycles. The number of nitrogens with one attached hydrogen (secondary N) is 1. The number of rotatable bonds is 5. The summed E-state index contributed by atoms with van der Waals surface area (Å²) in [5, 5.41) is 5.63. The van der Waals surface area contributed by atoms with Crippen LogP contribution < -0.4 is 10.9 Å². The Kier molecular flexibility index (Phi) is 5.23. The Labute approximate surface area is 151 Å². The third-order valence-corrected chi connectivity index (χ3v) is 5.52. The summed E-state index contributed by atoms with van der Waals surface area (Å²) in [6, 6.07) is 8.87. The predicted octanol–water partition coefficient (Wildman–Crippen LogP) is 3.86. The lowest BCUT2D eigenvalue weighted by Gasteiger charge is -2.10. The number of thiophene rings is 1. The molecule has 0 atom stereocenters. The lowest BCUT2D eigenvalue weighted by Crippen LogP contribution is -2.22. The number of carbonyl (C=O) groups is 1. The van der Waals surface area contributed by atoms with Crippen LogP contribution in [0.15, 0.2) is 45.7 Å². The van der Waals surface area contributed by atoms with Gasteiger partial charge in [-0.25, -0.2) is 4.98 Å². The van der Waals surface area contributed by atoms with Crippen LogP contribution in [0, 0.1) is 0 Å². The van der Waals surface area contributed by atoms with E-state index in [1.54, 1.807) is 28.8 Å². The van der Waals surface area contributed by atoms with E-state index in [-0.39, 0.29) is 17.2 Å². The van der Waals surface area contributed by atoms with Gasteiger partial charge < -0.3 is 5.32 Å². The Morgan fingerprint density at radius 3 is 2.92 bits per heavy atom. The van der Waals surface area contributed by atoms with Gasteiger partial charge in [0.1, 0.15) is 4.70 Å². The second kappa shape index (κ2) is 7.38. The van der Waals surface area contributed by atoms with Gasteiger partial charge in [0.2, 0.25) is 5.91 Å². The molecule has 3 rings (SSSR count). The number of aromatic nitrogens is 2. The van der Waals surface area contributed by atoms with E-state index in [0.717, 1.165) is 0 Å². The van der Waals surface area contributed by atoms with E-state index < -0.39 is 0 Å². The molecule has 24 heavy (non-hydrogen) atoms. The fourth-order valence-electron chi connectivity index (χ4n) is 2.19. The normalized spacial score (nSPS) is 10.9. The zero-order valence-electron chi connectivity index (χ0n) is 12.8. The van der Waals surface area contributed by atoms with E-state index in [4.69, 9.17) is 11.6 Å². The van der Waals surface area contributed by atoms with Crippen LogP contribution >= 0.6 is 34.7 Å². The Hall–Kier alpha value is -1.83. The number of nitrogens with zero attached hydrogens (tertiary/aromatic N) is 2. The number of benzene rings is 1. The summed E-state index contributed by atoms with van der Waals surface area (Å²) in [7, 11) is 0. The second-order valence-electron chi connectivity index (χ2n) is 4.90. The minimum Gasteiger partial charge on any atom is -0.324 e. The Morgan fingerprint density at radius 1 is 1.38 bits per heavy atom. The number of anilines is 1. The average molecular weight is 380 g/mol. The van der Waals surface area contributed by atoms with Crippen molar-refractivity contribution in [3.8, 4) is 0 Å². The maximum Gasteiger partial charge on any atom is 0.272 e. The molecule has 0 saturated carbocycles. The number of carbonyl (C=O) groups excluding carboxylic acids is 1. The van der Waals surface area contributed by atoms with Crippen molar-refractivity contribution in [1.29, 1.82) is 0 Å². The standard InChI is InChI=1S/C16H14ClN3O2S2/c1-2-20-15(22)14-12(7-8-23-14)19-16(20)24-9-13(21)18-11-6-4-3-5-10(11)17/h3-8H,2,9H2,1H3,(H,18,21). The lowest BCUT2D eigenvalue weighted by atomic mass is 10.3. The van der Waals surface area contributed by atoms with Crippen LogP contribution in [-0.4, -0.2) is 21.2 Å². The van der Waals surface area contributed by atoms with Crippen LogP contribution in [0.1, 0.15) is 6.92 Å². The second-order valence-corrected chi connectivity index (χ2v) is 7.16. The molecule has 2 aromatic heterocycles. The molecular formula is C16H14ClN3O2S2. The molecule has 1 amide bonds. The third-order valence-electron chi connectivity index (χ3n) is 3.33. The molecule has 124 valence electrons. The van der Waals surface area contributed by atoms with Crippen LogP contribution in [0.4, 0.5) is 5.69 Å². The first kappa shape index (κ1) is 17.0. The Bertz CT molecular complexity index is 952. The van der Waals surface area contributed by atoms with E-state index in [9.17, 15) is 9.59 Å². The van der Waals surface area contributed by atoms with Gasteiger partial charge >= 0.3 is 0 Å². The number of amides is 1. The molecule has 0 bridgehead atoms. The van der Waals surface area contributed by atoms with Crippen LogP contribution in [0.3, 0.4) is 0 Å². The van der Waals surface area contributed by atoms with Crippen molar-refractivity contribution in [1.82, 2.24) is 9.55 Å². The smallest absolute Gasteiger partial charge is 0.272 e. The molecule has 0 fully saturated rings. The highest BCUT2D eigenvalue weighted by atomic mass is 35.5. The summed E-state index contributed by atoms with van der Waals surface area (Å²) in [5.74, 6) is -0.0525. The van der Waals surface area contributed by atoms with Crippen molar-refractivity contribution in [2.75, 3.05) is 11.1 Å². The topological polar surface area (TPSA) is 64.0 Å². The quantitative estimate of drug-likeness (QED) is 0.540. The van der Waals surface area contributed by atoms with Gasteiger partial charge in [0.15, 0.2) is 5.16 Å². The van der Waals surface area contributed by atoms with E-state index >= 15 is 0 Å². The average Bonchev–Trinajstić information content (AvgIpc) is 3.04. The highest BCUT2D eigenvalue weighted by Crippen LogP contribution is 2.23.